The number of allylic oxidation sites excluding steroid dienone is 1. The molecule has 0 bridgehead atoms. The lowest BCUT2D eigenvalue weighted by atomic mass is 10.2. The van der Waals surface area contributed by atoms with Gasteiger partial charge in [-0.05, 0) is 18.6 Å². The van der Waals surface area contributed by atoms with Gasteiger partial charge in [0.15, 0.2) is 0 Å². The summed E-state index contributed by atoms with van der Waals surface area (Å²) in [5.74, 6) is 2.54. The molecule has 0 spiro atoms. The van der Waals surface area contributed by atoms with E-state index in [1.54, 1.807) is 24.1 Å². The number of Topliss-reactive ketones (excluding diaryl/α,β-unsaturated/α-hetero) is 1. The molecule has 76 valence electrons. The van der Waals surface area contributed by atoms with Crippen LogP contribution in [0.3, 0.4) is 0 Å². The molecule has 2 nitrogen and oxygen atoms in total. The largest absolute Gasteiger partial charge is 0.468 e. The van der Waals surface area contributed by atoms with E-state index in [-0.39, 0.29) is 5.78 Å². The molecule has 0 aliphatic rings. The summed E-state index contributed by atoms with van der Waals surface area (Å²) in [6, 6.07) is 3.77. The number of rotatable bonds is 7. The fraction of sp³-hybridized carbons (Fsp3) is 0.364. The van der Waals surface area contributed by atoms with Crippen LogP contribution in [0.4, 0.5) is 0 Å². The Morgan fingerprint density at radius 3 is 3.14 bits per heavy atom. The van der Waals surface area contributed by atoms with E-state index in [4.69, 9.17) is 4.42 Å². The van der Waals surface area contributed by atoms with E-state index in [0.717, 1.165) is 17.9 Å². The molecule has 1 aromatic rings. The van der Waals surface area contributed by atoms with Gasteiger partial charge >= 0.3 is 0 Å². The average molecular weight is 210 g/mol. The van der Waals surface area contributed by atoms with Crippen LogP contribution in [0.15, 0.2) is 35.5 Å². The van der Waals surface area contributed by atoms with Crippen LogP contribution in [0.25, 0.3) is 0 Å². The molecule has 0 radical (unpaired) electrons. The third-order valence-corrected chi connectivity index (χ3v) is 2.73. The number of ketones is 1. The Bertz CT molecular complexity index is 277. The first-order valence-corrected chi connectivity index (χ1v) is 5.71. The van der Waals surface area contributed by atoms with E-state index in [1.165, 1.54) is 0 Å². The van der Waals surface area contributed by atoms with Crippen molar-refractivity contribution < 1.29 is 9.21 Å². The number of hydrogen-bond acceptors (Lipinski definition) is 3. The standard InChI is InChI=1S/C11H14O2S/c1-2-3-5-10(12)8-14-9-11-6-4-7-13-11/h2,4,6-7H,1,3,5,8-9H2. The molecule has 0 saturated carbocycles. The summed E-state index contributed by atoms with van der Waals surface area (Å²) < 4.78 is 5.15. The van der Waals surface area contributed by atoms with Crippen molar-refractivity contribution in [1.82, 2.24) is 0 Å². The molecule has 3 heteroatoms. The van der Waals surface area contributed by atoms with E-state index in [1.807, 2.05) is 12.1 Å². The number of hydrogen-bond donors (Lipinski definition) is 0. The molecule has 0 N–H and O–H groups in total. The zero-order chi connectivity index (χ0) is 10.2. The normalized spacial score (nSPS) is 10.0. The van der Waals surface area contributed by atoms with Crippen molar-refractivity contribution in [3.05, 3.63) is 36.8 Å². The van der Waals surface area contributed by atoms with E-state index >= 15 is 0 Å². The summed E-state index contributed by atoms with van der Waals surface area (Å²) in [5, 5.41) is 0. The molecule has 1 aromatic heterocycles. The van der Waals surface area contributed by atoms with Crippen molar-refractivity contribution in [3.8, 4) is 0 Å². The molecular weight excluding hydrogens is 196 g/mol. The lowest BCUT2D eigenvalue weighted by Crippen LogP contribution is -2.00. The van der Waals surface area contributed by atoms with Gasteiger partial charge in [0, 0.05) is 6.42 Å². The summed E-state index contributed by atoms with van der Waals surface area (Å²) in [6.07, 6.45) is 4.80. The molecule has 0 unspecified atom stereocenters. The molecule has 0 saturated heterocycles. The maximum Gasteiger partial charge on any atom is 0.143 e. The van der Waals surface area contributed by atoms with Gasteiger partial charge in [-0.25, -0.2) is 0 Å². The van der Waals surface area contributed by atoms with E-state index < -0.39 is 0 Å². The van der Waals surface area contributed by atoms with Gasteiger partial charge in [-0.1, -0.05) is 6.08 Å². The van der Waals surface area contributed by atoms with Crippen molar-refractivity contribution in [2.24, 2.45) is 0 Å². The highest BCUT2D eigenvalue weighted by Gasteiger charge is 2.02. The highest BCUT2D eigenvalue weighted by molar-refractivity contribution is 7.99. The van der Waals surface area contributed by atoms with Crippen LogP contribution in [0.2, 0.25) is 0 Å². The lowest BCUT2D eigenvalue weighted by molar-refractivity contribution is -0.116. The highest BCUT2D eigenvalue weighted by atomic mass is 32.2. The molecule has 0 amide bonds. The van der Waals surface area contributed by atoms with Crippen LogP contribution in [0, 0.1) is 0 Å². The lowest BCUT2D eigenvalue weighted by Gasteiger charge is -1.97. The summed E-state index contributed by atoms with van der Waals surface area (Å²) in [5.41, 5.74) is 0. The Balaban J connectivity index is 2.09. The first-order chi connectivity index (χ1) is 6.83. The van der Waals surface area contributed by atoms with Crippen LogP contribution in [0.5, 0.6) is 0 Å². The second-order valence-corrected chi connectivity index (χ2v) is 3.92. The third-order valence-electron chi connectivity index (χ3n) is 1.71. The van der Waals surface area contributed by atoms with Crippen LogP contribution < -0.4 is 0 Å². The molecule has 0 aliphatic heterocycles. The topological polar surface area (TPSA) is 30.2 Å². The quantitative estimate of drug-likeness (QED) is 0.648. The Labute approximate surface area is 88.4 Å². The number of thioether (sulfide) groups is 1. The molecule has 0 aliphatic carbocycles. The fourth-order valence-corrected chi connectivity index (χ4v) is 1.83. The Morgan fingerprint density at radius 2 is 2.50 bits per heavy atom. The van der Waals surface area contributed by atoms with Crippen LogP contribution >= 0.6 is 11.8 Å². The molecule has 0 aromatic carbocycles. The zero-order valence-electron chi connectivity index (χ0n) is 8.07. The number of carbonyl (C=O) groups excluding carboxylic acids is 1. The van der Waals surface area contributed by atoms with Gasteiger partial charge in [0.05, 0.1) is 17.8 Å². The van der Waals surface area contributed by atoms with E-state index in [0.29, 0.717) is 12.2 Å². The summed E-state index contributed by atoms with van der Waals surface area (Å²) in [6.45, 7) is 3.58. The van der Waals surface area contributed by atoms with Crippen molar-refractivity contribution >= 4 is 17.5 Å². The molecular formula is C11H14O2S. The number of furan rings is 1. The van der Waals surface area contributed by atoms with E-state index in [9.17, 15) is 4.79 Å². The predicted molar refractivity (Wildman–Crippen MR) is 59.3 cm³/mol. The minimum atomic E-state index is 0.279. The van der Waals surface area contributed by atoms with Crippen molar-refractivity contribution in [3.63, 3.8) is 0 Å². The Morgan fingerprint density at radius 1 is 1.64 bits per heavy atom. The second kappa shape index (κ2) is 6.49. The summed E-state index contributed by atoms with van der Waals surface area (Å²) in [7, 11) is 0. The van der Waals surface area contributed by atoms with Crippen LogP contribution in [-0.2, 0) is 10.5 Å². The van der Waals surface area contributed by atoms with Crippen molar-refractivity contribution in [1.29, 1.82) is 0 Å². The minimum Gasteiger partial charge on any atom is -0.468 e. The van der Waals surface area contributed by atoms with Crippen LogP contribution in [0.1, 0.15) is 18.6 Å². The molecule has 0 atom stereocenters. The van der Waals surface area contributed by atoms with Gasteiger partial charge < -0.3 is 4.42 Å². The minimum absolute atomic E-state index is 0.279. The monoisotopic (exact) mass is 210 g/mol. The van der Waals surface area contributed by atoms with Crippen molar-refractivity contribution in [2.45, 2.75) is 18.6 Å². The van der Waals surface area contributed by atoms with Crippen molar-refractivity contribution in [2.75, 3.05) is 5.75 Å². The first kappa shape index (κ1) is 11.1. The Hall–Kier alpha value is -0.960. The van der Waals surface area contributed by atoms with Gasteiger partial charge in [-0.2, -0.15) is 0 Å². The fourth-order valence-electron chi connectivity index (χ4n) is 0.995. The van der Waals surface area contributed by atoms with Gasteiger partial charge in [0.25, 0.3) is 0 Å². The SMILES string of the molecule is C=CCCC(=O)CSCc1ccco1. The maximum atomic E-state index is 11.2. The highest BCUT2D eigenvalue weighted by Crippen LogP contribution is 2.13. The first-order valence-electron chi connectivity index (χ1n) is 4.55. The van der Waals surface area contributed by atoms with Gasteiger partial charge in [-0.15, -0.1) is 18.3 Å². The maximum absolute atomic E-state index is 11.2. The van der Waals surface area contributed by atoms with Crippen LogP contribution in [-0.4, -0.2) is 11.5 Å². The molecule has 1 heterocycles. The zero-order valence-corrected chi connectivity index (χ0v) is 8.89. The van der Waals surface area contributed by atoms with Gasteiger partial charge in [0.2, 0.25) is 0 Å². The average Bonchev–Trinajstić information content (AvgIpc) is 2.67. The van der Waals surface area contributed by atoms with Gasteiger partial charge in [-0.3, -0.25) is 4.79 Å². The third kappa shape index (κ3) is 4.33. The predicted octanol–water partition coefficient (Wildman–Crippen LogP) is 3.05. The molecule has 1 rings (SSSR count). The van der Waals surface area contributed by atoms with Gasteiger partial charge in [0.1, 0.15) is 11.5 Å². The Kier molecular flexibility index (Phi) is 5.15. The number of carbonyl (C=O) groups is 1. The molecule has 14 heavy (non-hydrogen) atoms. The van der Waals surface area contributed by atoms with E-state index in [2.05, 4.69) is 6.58 Å². The summed E-state index contributed by atoms with van der Waals surface area (Å²) >= 11 is 1.59. The molecule has 0 fully saturated rings. The smallest absolute Gasteiger partial charge is 0.143 e. The summed E-state index contributed by atoms with van der Waals surface area (Å²) in [4.78, 5) is 11.2. The second-order valence-electron chi connectivity index (χ2n) is 2.94.